The molecule has 4 aromatic rings. The molecule has 3 atom stereocenters. The number of carbonyl (C=O) groups excluding carboxylic acids is 3. The number of halogens is 3. The molecular weight excluding hydrogens is 641 g/mol. The number of hydrogen-bond donors (Lipinski definition) is 2. The molecule has 3 unspecified atom stereocenters. The highest BCUT2D eigenvalue weighted by Crippen LogP contribution is 2.39. The lowest BCUT2D eigenvalue weighted by molar-refractivity contribution is -0.137. The van der Waals surface area contributed by atoms with Gasteiger partial charge in [-0.2, -0.15) is 13.2 Å². The molecular formula is C40H39F3N4O3. The van der Waals surface area contributed by atoms with Gasteiger partial charge < -0.3 is 16.0 Å². The second-order valence-electron chi connectivity index (χ2n) is 13.1. The first kappa shape index (κ1) is 34.6. The van der Waals surface area contributed by atoms with Gasteiger partial charge in [0.15, 0.2) is 0 Å². The Morgan fingerprint density at radius 2 is 1.56 bits per heavy atom. The Morgan fingerprint density at radius 3 is 2.22 bits per heavy atom. The van der Waals surface area contributed by atoms with E-state index in [1.165, 1.54) is 12.1 Å². The minimum Gasteiger partial charge on any atom is -0.369 e. The maximum absolute atomic E-state index is 14.6. The number of rotatable bonds is 12. The fourth-order valence-electron chi connectivity index (χ4n) is 6.66. The number of aliphatic imine (C=N–C) groups is 1. The normalized spacial score (nSPS) is 17.3. The molecule has 1 saturated carbocycles. The lowest BCUT2D eigenvalue weighted by atomic mass is 9.83. The number of nitrogens with two attached hydrogens (primary N) is 1. The van der Waals surface area contributed by atoms with Crippen LogP contribution in [0.3, 0.4) is 0 Å². The van der Waals surface area contributed by atoms with E-state index in [-0.39, 0.29) is 6.54 Å². The van der Waals surface area contributed by atoms with Crippen LogP contribution < -0.4 is 16.0 Å². The van der Waals surface area contributed by atoms with E-state index in [2.05, 4.69) is 5.32 Å². The number of carbonyl (C=O) groups is 3. The van der Waals surface area contributed by atoms with Gasteiger partial charge in [0.2, 0.25) is 18.0 Å². The van der Waals surface area contributed by atoms with Gasteiger partial charge in [0.05, 0.1) is 23.5 Å². The van der Waals surface area contributed by atoms with Crippen LogP contribution in [0.1, 0.15) is 61.3 Å². The molecule has 10 heteroatoms. The van der Waals surface area contributed by atoms with Crippen LogP contribution in [0.5, 0.6) is 0 Å². The van der Waals surface area contributed by atoms with Crippen LogP contribution in [-0.2, 0) is 27.1 Å². The molecule has 0 saturated heterocycles. The molecule has 3 amide bonds. The van der Waals surface area contributed by atoms with Crippen molar-refractivity contribution in [2.75, 3.05) is 4.90 Å². The van der Waals surface area contributed by atoms with Crippen LogP contribution in [0, 0.1) is 17.8 Å². The summed E-state index contributed by atoms with van der Waals surface area (Å²) in [5.41, 5.74) is 9.66. The number of nitrogens with one attached hydrogen (secondary N) is 1. The van der Waals surface area contributed by atoms with Gasteiger partial charge in [0, 0.05) is 23.0 Å². The quantitative estimate of drug-likeness (QED) is 0.162. The highest BCUT2D eigenvalue weighted by molar-refractivity contribution is 6.20. The van der Waals surface area contributed by atoms with Crippen molar-refractivity contribution in [2.45, 2.75) is 57.9 Å². The van der Waals surface area contributed by atoms with Crippen molar-refractivity contribution in [1.82, 2.24) is 5.32 Å². The van der Waals surface area contributed by atoms with E-state index in [1.807, 2.05) is 73.7 Å². The van der Waals surface area contributed by atoms with Crippen LogP contribution in [0.15, 0.2) is 108 Å². The first-order valence-electron chi connectivity index (χ1n) is 16.9. The molecule has 1 aliphatic heterocycles. The summed E-state index contributed by atoms with van der Waals surface area (Å²) >= 11 is 0. The lowest BCUT2D eigenvalue weighted by Gasteiger charge is -2.28. The van der Waals surface area contributed by atoms with Gasteiger partial charge in [-0.3, -0.25) is 14.4 Å². The topological polar surface area (TPSA) is 105 Å². The number of para-hydroxylation sites is 1. The van der Waals surface area contributed by atoms with E-state index < -0.39 is 47.5 Å². The number of anilines is 1. The fraction of sp³-hybridized carbons (Fsp3) is 0.300. The molecule has 0 bridgehead atoms. The van der Waals surface area contributed by atoms with Gasteiger partial charge in [-0.25, -0.2) is 4.99 Å². The van der Waals surface area contributed by atoms with E-state index in [4.69, 9.17) is 10.7 Å². The first-order chi connectivity index (χ1) is 24.0. The number of fused-ring (bicyclic) bond motifs is 1. The monoisotopic (exact) mass is 680 g/mol. The Hall–Kier alpha value is -5.25. The minimum atomic E-state index is -4.44. The number of benzene rings is 4. The second kappa shape index (κ2) is 14.7. The number of benzodiazepines with no additional fused rings is 1. The Kier molecular flexibility index (Phi) is 10.2. The molecule has 258 valence electrons. The van der Waals surface area contributed by atoms with Crippen molar-refractivity contribution < 1.29 is 27.6 Å². The van der Waals surface area contributed by atoms with Crippen molar-refractivity contribution in [3.63, 3.8) is 0 Å². The summed E-state index contributed by atoms with van der Waals surface area (Å²) in [6.07, 6.45) is -2.14. The van der Waals surface area contributed by atoms with E-state index in [1.54, 1.807) is 17.0 Å². The van der Waals surface area contributed by atoms with Gasteiger partial charge in [-0.15, -0.1) is 0 Å². The third-order valence-electron chi connectivity index (χ3n) is 9.42. The molecule has 2 aliphatic rings. The maximum atomic E-state index is 14.6. The van der Waals surface area contributed by atoms with Gasteiger partial charge in [-0.05, 0) is 59.7 Å². The Bertz CT molecular complexity index is 1890. The van der Waals surface area contributed by atoms with E-state index in [0.29, 0.717) is 53.3 Å². The van der Waals surface area contributed by atoms with Crippen LogP contribution in [0.2, 0.25) is 0 Å². The number of nitrogens with zero attached hydrogens (tertiary/aromatic N) is 2. The van der Waals surface area contributed by atoms with Crippen molar-refractivity contribution in [2.24, 2.45) is 28.5 Å². The molecule has 6 rings (SSSR count). The van der Waals surface area contributed by atoms with E-state index in [9.17, 15) is 27.6 Å². The zero-order valence-electron chi connectivity index (χ0n) is 27.7. The molecule has 4 aromatic carbocycles. The number of hydrogen-bond acceptors (Lipinski definition) is 4. The Labute approximate surface area is 289 Å². The van der Waals surface area contributed by atoms with Crippen LogP contribution in [0.25, 0.3) is 11.1 Å². The summed E-state index contributed by atoms with van der Waals surface area (Å²) in [5.74, 6) is -2.46. The van der Waals surface area contributed by atoms with Crippen LogP contribution >= 0.6 is 0 Å². The highest BCUT2D eigenvalue weighted by Gasteiger charge is 2.40. The largest absolute Gasteiger partial charge is 0.416 e. The molecule has 0 spiro atoms. The minimum absolute atomic E-state index is 0.0968. The lowest BCUT2D eigenvalue weighted by Crippen LogP contribution is -2.50. The third kappa shape index (κ3) is 7.80. The highest BCUT2D eigenvalue weighted by atomic mass is 19.4. The SMILES string of the molecule is CCCC(C(N)=O)C(CC1CC1)C(=O)NC1N=C(c2ccccc2)c2ccccc2N(Cc2cccc(-c3ccc(C(F)(F)F)cc3)c2)C1=O. The summed E-state index contributed by atoms with van der Waals surface area (Å²) < 4.78 is 39.6. The molecule has 50 heavy (non-hydrogen) atoms. The summed E-state index contributed by atoms with van der Waals surface area (Å²) in [4.78, 5) is 47.8. The first-order valence-corrected chi connectivity index (χ1v) is 16.9. The molecule has 3 N–H and O–H groups in total. The van der Waals surface area contributed by atoms with Gasteiger partial charge in [-0.1, -0.05) is 105 Å². The summed E-state index contributed by atoms with van der Waals surface area (Å²) in [7, 11) is 0. The van der Waals surface area contributed by atoms with Crippen molar-refractivity contribution in [3.8, 4) is 11.1 Å². The Morgan fingerprint density at radius 1 is 0.880 bits per heavy atom. The van der Waals surface area contributed by atoms with Gasteiger partial charge in [0.25, 0.3) is 5.91 Å². The summed E-state index contributed by atoms with van der Waals surface area (Å²) in [6.45, 7) is 2.04. The predicted octanol–water partition coefficient (Wildman–Crippen LogP) is 7.52. The molecule has 1 heterocycles. The zero-order chi connectivity index (χ0) is 35.4. The van der Waals surface area contributed by atoms with Crippen LogP contribution in [-0.4, -0.2) is 29.6 Å². The maximum Gasteiger partial charge on any atom is 0.416 e. The zero-order valence-corrected chi connectivity index (χ0v) is 27.7. The second-order valence-corrected chi connectivity index (χ2v) is 13.1. The van der Waals surface area contributed by atoms with Gasteiger partial charge >= 0.3 is 6.18 Å². The predicted molar refractivity (Wildman–Crippen MR) is 187 cm³/mol. The molecule has 0 radical (unpaired) electrons. The summed E-state index contributed by atoms with van der Waals surface area (Å²) in [5, 5.41) is 2.92. The standard InChI is InChI=1S/C40H39F3N4O3/c1-2-9-31(36(44)48)33(23-25-16-17-25)38(49)46-37-39(50)47(34-15-7-6-14-32(34)35(45-37)28-11-4-3-5-12-28)24-26-10-8-13-29(22-26)27-18-20-30(21-19-27)40(41,42)43/h3-8,10-15,18-22,25,31,33,37H,2,9,16-17,23-24H2,1H3,(H2,44,48)(H,46,49). The Balaban J connectivity index is 1.37. The average Bonchev–Trinajstić information content (AvgIpc) is 3.95. The number of amides is 3. The molecule has 1 fully saturated rings. The van der Waals surface area contributed by atoms with E-state index in [0.717, 1.165) is 36.1 Å². The van der Waals surface area contributed by atoms with Crippen molar-refractivity contribution in [3.05, 3.63) is 125 Å². The molecule has 0 aromatic heterocycles. The summed E-state index contributed by atoms with van der Waals surface area (Å²) in [6, 6.07) is 29.0. The van der Waals surface area contributed by atoms with Crippen LogP contribution in [0.4, 0.5) is 18.9 Å². The third-order valence-corrected chi connectivity index (χ3v) is 9.42. The van der Waals surface area contributed by atoms with E-state index >= 15 is 0 Å². The average molecular weight is 681 g/mol. The molecule has 7 nitrogen and oxygen atoms in total. The van der Waals surface area contributed by atoms with Gasteiger partial charge in [0.1, 0.15) is 0 Å². The number of primary amides is 1. The van der Waals surface area contributed by atoms with Crippen molar-refractivity contribution in [1.29, 1.82) is 0 Å². The van der Waals surface area contributed by atoms with Crippen molar-refractivity contribution >= 4 is 29.1 Å². The number of alkyl halides is 3. The molecule has 1 aliphatic carbocycles. The fourth-order valence-corrected chi connectivity index (χ4v) is 6.66. The smallest absolute Gasteiger partial charge is 0.369 e.